The summed E-state index contributed by atoms with van der Waals surface area (Å²) >= 11 is 3.45. The van der Waals surface area contributed by atoms with Gasteiger partial charge in [0, 0.05) is 10.9 Å². The van der Waals surface area contributed by atoms with Crippen molar-refractivity contribution in [1.29, 1.82) is 0 Å². The lowest BCUT2D eigenvalue weighted by Gasteiger charge is -2.23. The number of hydrogen-bond acceptors (Lipinski definition) is 2. The van der Waals surface area contributed by atoms with E-state index in [-0.39, 0.29) is 11.8 Å². The Balaban J connectivity index is 2.43. The third-order valence-corrected chi connectivity index (χ3v) is 5.02. The van der Waals surface area contributed by atoms with Gasteiger partial charge in [-0.1, -0.05) is 35.8 Å². The first kappa shape index (κ1) is 14.3. The number of benzene rings is 1. The Hall–Kier alpha value is -1.16. The van der Waals surface area contributed by atoms with Gasteiger partial charge in [0.25, 0.3) is 0 Å². The van der Waals surface area contributed by atoms with Gasteiger partial charge in [0.15, 0.2) is 0 Å². The predicted octanol–water partition coefficient (Wildman–Crippen LogP) is 3.83. The molecule has 1 fully saturated rings. The Labute approximate surface area is 122 Å². The molecule has 0 aromatic heterocycles. The smallest absolute Gasteiger partial charge is 0.240 e. The van der Waals surface area contributed by atoms with Gasteiger partial charge in [-0.3, -0.25) is 14.5 Å². The zero-order valence-corrected chi connectivity index (χ0v) is 13.1. The minimum atomic E-state index is -0.506. The van der Waals surface area contributed by atoms with Gasteiger partial charge in [0.2, 0.25) is 11.8 Å². The molecule has 0 spiro atoms. The fourth-order valence-corrected chi connectivity index (χ4v) is 2.95. The van der Waals surface area contributed by atoms with Crippen LogP contribution in [0.25, 0.3) is 0 Å². The highest BCUT2D eigenvalue weighted by Crippen LogP contribution is 2.41. The van der Waals surface area contributed by atoms with E-state index in [2.05, 4.69) is 15.9 Å². The number of carbonyl (C=O) groups is 2. The molecule has 0 N–H and O–H groups in total. The van der Waals surface area contributed by atoms with Crippen LogP contribution in [0.5, 0.6) is 0 Å². The number of nitrogens with zero attached hydrogens (tertiary/aromatic N) is 1. The fourth-order valence-electron chi connectivity index (χ4n) is 2.58. The fraction of sp³-hybridized carbons (Fsp3) is 0.467. The van der Waals surface area contributed by atoms with Crippen LogP contribution in [-0.4, -0.2) is 11.8 Å². The summed E-state index contributed by atoms with van der Waals surface area (Å²) in [6.07, 6.45) is 1.74. The van der Waals surface area contributed by atoms with Crippen molar-refractivity contribution in [1.82, 2.24) is 0 Å². The summed E-state index contributed by atoms with van der Waals surface area (Å²) in [5.74, 6) is -0.150. The van der Waals surface area contributed by atoms with E-state index in [1.807, 2.05) is 39.0 Å². The Kier molecular flexibility index (Phi) is 3.81. The van der Waals surface area contributed by atoms with Crippen LogP contribution in [0.4, 0.5) is 5.69 Å². The minimum absolute atomic E-state index is 0.0572. The SMILES string of the molecule is CCC1(CC)CC(=O)N(c2ccc(C)c(Br)c2)C1=O. The van der Waals surface area contributed by atoms with Gasteiger partial charge >= 0.3 is 0 Å². The number of halogens is 1. The van der Waals surface area contributed by atoms with E-state index in [9.17, 15) is 9.59 Å². The normalized spacial score (nSPS) is 18.2. The first-order valence-corrected chi connectivity index (χ1v) is 7.38. The second-order valence-electron chi connectivity index (χ2n) is 5.13. The molecule has 2 amide bonds. The van der Waals surface area contributed by atoms with Crippen molar-refractivity contribution in [2.24, 2.45) is 5.41 Å². The Bertz CT molecular complexity index is 535. The van der Waals surface area contributed by atoms with E-state index >= 15 is 0 Å². The molecule has 3 nitrogen and oxygen atoms in total. The number of imide groups is 1. The van der Waals surface area contributed by atoms with Gasteiger partial charge in [-0.2, -0.15) is 0 Å². The van der Waals surface area contributed by atoms with Gasteiger partial charge in [0.05, 0.1) is 11.1 Å². The van der Waals surface area contributed by atoms with Crippen LogP contribution in [-0.2, 0) is 9.59 Å². The molecular formula is C15H18BrNO2. The zero-order chi connectivity index (χ0) is 14.2. The molecular weight excluding hydrogens is 306 g/mol. The van der Waals surface area contributed by atoms with E-state index in [0.717, 1.165) is 10.0 Å². The zero-order valence-electron chi connectivity index (χ0n) is 11.5. The van der Waals surface area contributed by atoms with E-state index in [4.69, 9.17) is 0 Å². The molecule has 1 aliphatic heterocycles. The van der Waals surface area contributed by atoms with Crippen LogP contribution in [0, 0.1) is 12.3 Å². The van der Waals surface area contributed by atoms with Gasteiger partial charge < -0.3 is 0 Å². The maximum absolute atomic E-state index is 12.6. The molecule has 1 aromatic rings. The first-order valence-electron chi connectivity index (χ1n) is 6.58. The summed E-state index contributed by atoms with van der Waals surface area (Å²) < 4.78 is 0.913. The highest BCUT2D eigenvalue weighted by Gasteiger charge is 2.49. The van der Waals surface area contributed by atoms with Crippen molar-refractivity contribution in [3.05, 3.63) is 28.2 Å². The third-order valence-electron chi connectivity index (χ3n) is 4.16. The lowest BCUT2D eigenvalue weighted by atomic mass is 9.81. The maximum atomic E-state index is 12.6. The van der Waals surface area contributed by atoms with E-state index < -0.39 is 5.41 Å². The molecule has 0 unspecified atom stereocenters. The standard InChI is InChI=1S/C15H18BrNO2/c1-4-15(5-2)9-13(18)17(14(15)19)11-7-6-10(3)12(16)8-11/h6-8H,4-5,9H2,1-3H3. The van der Waals surface area contributed by atoms with E-state index in [0.29, 0.717) is 24.9 Å². The highest BCUT2D eigenvalue weighted by molar-refractivity contribution is 9.10. The summed E-state index contributed by atoms with van der Waals surface area (Å²) in [6.45, 7) is 5.93. The highest BCUT2D eigenvalue weighted by atomic mass is 79.9. The van der Waals surface area contributed by atoms with Crippen molar-refractivity contribution in [3.8, 4) is 0 Å². The Morgan fingerprint density at radius 3 is 2.37 bits per heavy atom. The maximum Gasteiger partial charge on any atom is 0.240 e. The lowest BCUT2D eigenvalue weighted by Crippen LogP contribution is -2.35. The van der Waals surface area contributed by atoms with Crippen molar-refractivity contribution in [2.45, 2.75) is 40.0 Å². The molecule has 1 aromatic carbocycles. The second kappa shape index (κ2) is 5.08. The van der Waals surface area contributed by atoms with Gasteiger partial charge in [-0.05, 0) is 37.5 Å². The monoisotopic (exact) mass is 323 g/mol. The van der Waals surface area contributed by atoms with Crippen molar-refractivity contribution < 1.29 is 9.59 Å². The number of amides is 2. The molecule has 4 heteroatoms. The largest absolute Gasteiger partial charge is 0.274 e. The quantitative estimate of drug-likeness (QED) is 0.793. The summed E-state index contributed by atoms with van der Waals surface area (Å²) in [4.78, 5) is 26.1. The molecule has 1 heterocycles. The van der Waals surface area contributed by atoms with E-state index in [1.165, 1.54) is 4.90 Å². The molecule has 0 atom stereocenters. The van der Waals surface area contributed by atoms with Crippen LogP contribution in [0.3, 0.4) is 0 Å². The van der Waals surface area contributed by atoms with Crippen molar-refractivity contribution in [3.63, 3.8) is 0 Å². The lowest BCUT2D eigenvalue weighted by molar-refractivity contribution is -0.126. The molecule has 0 bridgehead atoms. The molecule has 1 saturated heterocycles. The molecule has 19 heavy (non-hydrogen) atoms. The molecule has 0 radical (unpaired) electrons. The first-order chi connectivity index (χ1) is 8.95. The van der Waals surface area contributed by atoms with E-state index in [1.54, 1.807) is 0 Å². The predicted molar refractivity (Wildman–Crippen MR) is 79.0 cm³/mol. The average Bonchev–Trinajstić information content (AvgIpc) is 2.65. The van der Waals surface area contributed by atoms with Gasteiger partial charge in [-0.15, -0.1) is 0 Å². The Morgan fingerprint density at radius 1 is 1.26 bits per heavy atom. The minimum Gasteiger partial charge on any atom is -0.274 e. The summed E-state index contributed by atoms with van der Waals surface area (Å²) in [6, 6.07) is 5.59. The summed E-state index contributed by atoms with van der Waals surface area (Å²) in [5, 5.41) is 0. The van der Waals surface area contributed by atoms with Gasteiger partial charge in [0.1, 0.15) is 0 Å². The molecule has 0 aliphatic carbocycles. The molecule has 2 rings (SSSR count). The molecule has 0 saturated carbocycles. The second-order valence-corrected chi connectivity index (χ2v) is 5.99. The third kappa shape index (κ3) is 2.22. The number of carbonyl (C=O) groups excluding carboxylic acids is 2. The summed E-state index contributed by atoms with van der Waals surface area (Å²) in [7, 11) is 0. The Morgan fingerprint density at radius 2 is 1.89 bits per heavy atom. The topological polar surface area (TPSA) is 37.4 Å². The number of rotatable bonds is 3. The number of hydrogen-bond donors (Lipinski definition) is 0. The van der Waals surface area contributed by atoms with Crippen LogP contribution >= 0.6 is 15.9 Å². The summed E-state index contributed by atoms with van der Waals surface area (Å²) in [5.41, 5.74) is 1.24. The van der Waals surface area contributed by atoms with Gasteiger partial charge in [-0.25, -0.2) is 0 Å². The molecule has 1 aliphatic rings. The van der Waals surface area contributed by atoms with Crippen LogP contribution in [0.2, 0.25) is 0 Å². The van der Waals surface area contributed by atoms with Crippen LogP contribution in [0.15, 0.2) is 22.7 Å². The molecule has 102 valence electrons. The van der Waals surface area contributed by atoms with Crippen LogP contribution < -0.4 is 4.90 Å². The van der Waals surface area contributed by atoms with Crippen LogP contribution in [0.1, 0.15) is 38.7 Å². The number of aryl methyl sites for hydroxylation is 1. The average molecular weight is 324 g/mol. The van der Waals surface area contributed by atoms with Crippen molar-refractivity contribution in [2.75, 3.05) is 4.90 Å². The van der Waals surface area contributed by atoms with Crippen molar-refractivity contribution >= 4 is 33.4 Å². The number of anilines is 1.